The summed E-state index contributed by atoms with van der Waals surface area (Å²) in [5.41, 5.74) is 5.21. The molecule has 0 radical (unpaired) electrons. The Labute approximate surface area is 183 Å². The SMILES string of the molecule is Cc1ccc2c(C3CCN(CCc4c(C)nc5n(c4=O)CCCC5C)CC3)noc2c1. The highest BCUT2D eigenvalue weighted by Crippen LogP contribution is 2.33. The van der Waals surface area contributed by atoms with E-state index in [4.69, 9.17) is 9.51 Å². The maximum atomic E-state index is 13.1. The van der Waals surface area contributed by atoms with Gasteiger partial charge in [0.1, 0.15) is 5.82 Å². The van der Waals surface area contributed by atoms with Gasteiger partial charge in [-0.05, 0) is 76.7 Å². The van der Waals surface area contributed by atoms with Gasteiger partial charge in [-0.25, -0.2) is 4.98 Å². The molecule has 1 aromatic carbocycles. The first kappa shape index (κ1) is 20.4. The van der Waals surface area contributed by atoms with Crippen LogP contribution >= 0.6 is 0 Å². The Kier molecular flexibility index (Phi) is 5.42. The molecule has 1 fully saturated rings. The number of nitrogens with zero attached hydrogens (tertiary/aromatic N) is 4. The Morgan fingerprint density at radius 1 is 1.13 bits per heavy atom. The molecule has 6 nitrogen and oxygen atoms in total. The molecule has 2 aromatic heterocycles. The van der Waals surface area contributed by atoms with Crippen molar-refractivity contribution in [3.8, 4) is 0 Å². The van der Waals surface area contributed by atoms with Crippen LogP contribution in [0.5, 0.6) is 0 Å². The molecular formula is C25H32N4O2. The van der Waals surface area contributed by atoms with Crippen LogP contribution in [0.3, 0.4) is 0 Å². The highest BCUT2D eigenvalue weighted by atomic mass is 16.5. The number of hydrogen-bond donors (Lipinski definition) is 0. The second-order valence-electron chi connectivity index (χ2n) is 9.47. The number of hydrogen-bond acceptors (Lipinski definition) is 5. The van der Waals surface area contributed by atoms with E-state index in [-0.39, 0.29) is 5.56 Å². The first-order valence-corrected chi connectivity index (χ1v) is 11.7. The smallest absolute Gasteiger partial charge is 0.256 e. The molecule has 5 rings (SSSR count). The fourth-order valence-electron chi connectivity index (χ4n) is 5.34. The van der Waals surface area contributed by atoms with Crippen LogP contribution in [0.25, 0.3) is 11.0 Å². The van der Waals surface area contributed by atoms with Crippen LogP contribution in [-0.2, 0) is 13.0 Å². The fraction of sp³-hybridized carbons (Fsp3) is 0.560. The zero-order valence-corrected chi connectivity index (χ0v) is 18.9. The summed E-state index contributed by atoms with van der Waals surface area (Å²) in [4.78, 5) is 20.4. The third-order valence-corrected chi connectivity index (χ3v) is 7.27. The molecule has 1 atom stereocenters. The van der Waals surface area contributed by atoms with Crippen LogP contribution in [-0.4, -0.2) is 39.2 Å². The normalized spacial score (nSPS) is 20.3. The lowest BCUT2D eigenvalue weighted by molar-refractivity contribution is 0.211. The number of benzene rings is 1. The van der Waals surface area contributed by atoms with Crippen molar-refractivity contribution in [1.82, 2.24) is 19.6 Å². The Morgan fingerprint density at radius 2 is 1.94 bits per heavy atom. The van der Waals surface area contributed by atoms with Crippen LogP contribution in [0.1, 0.15) is 72.8 Å². The van der Waals surface area contributed by atoms with Crippen molar-refractivity contribution >= 4 is 11.0 Å². The fourth-order valence-corrected chi connectivity index (χ4v) is 5.34. The van der Waals surface area contributed by atoms with Crippen molar-refractivity contribution in [2.75, 3.05) is 19.6 Å². The molecule has 0 aliphatic carbocycles. The van der Waals surface area contributed by atoms with Gasteiger partial charge in [0.25, 0.3) is 5.56 Å². The largest absolute Gasteiger partial charge is 0.356 e. The molecule has 0 N–H and O–H groups in total. The van der Waals surface area contributed by atoms with Gasteiger partial charge in [0, 0.05) is 41.6 Å². The van der Waals surface area contributed by atoms with Gasteiger partial charge >= 0.3 is 0 Å². The molecule has 4 heterocycles. The van der Waals surface area contributed by atoms with Gasteiger partial charge in [-0.2, -0.15) is 0 Å². The van der Waals surface area contributed by atoms with E-state index in [9.17, 15) is 4.79 Å². The molecular weight excluding hydrogens is 388 g/mol. The van der Waals surface area contributed by atoms with E-state index in [1.165, 1.54) is 5.56 Å². The summed E-state index contributed by atoms with van der Waals surface area (Å²) in [6.45, 7) is 10.0. The summed E-state index contributed by atoms with van der Waals surface area (Å²) in [6, 6.07) is 6.34. The number of likely N-dealkylation sites (tertiary alicyclic amines) is 1. The van der Waals surface area contributed by atoms with Gasteiger partial charge in [0.2, 0.25) is 0 Å². The number of aromatic nitrogens is 3. The first-order valence-electron chi connectivity index (χ1n) is 11.7. The zero-order valence-electron chi connectivity index (χ0n) is 18.9. The Bertz CT molecular complexity index is 1150. The Hall–Kier alpha value is -2.47. The third kappa shape index (κ3) is 3.82. The highest BCUT2D eigenvalue weighted by Gasteiger charge is 2.26. The second kappa shape index (κ2) is 8.23. The standard InChI is InChI=1S/C25H32N4O2/c1-16-6-7-21-22(15-16)31-27-23(21)19-8-12-28(13-9-19)14-10-20-18(3)26-24-17(2)5-4-11-29(24)25(20)30/h6-7,15,17,19H,4-5,8-14H2,1-3H3. The monoisotopic (exact) mass is 420 g/mol. The summed E-state index contributed by atoms with van der Waals surface area (Å²) in [5.74, 6) is 1.80. The predicted molar refractivity (Wildman–Crippen MR) is 122 cm³/mol. The van der Waals surface area contributed by atoms with Crippen LogP contribution in [0, 0.1) is 13.8 Å². The minimum Gasteiger partial charge on any atom is -0.356 e. The molecule has 1 saturated heterocycles. The van der Waals surface area contributed by atoms with Crippen molar-refractivity contribution in [1.29, 1.82) is 0 Å². The predicted octanol–water partition coefficient (Wildman–Crippen LogP) is 4.32. The molecule has 0 saturated carbocycles. The lowest BCUT2D eigenvalue weighted by Crippen LogP contribution is -2.37. The van der Waals surface area contributed by atoms with E-state index in [0.717, 1.165) is 92.0 Å². The van der Waals surface area contributed by atoms with Crippen LogP contribution in [0.4, 0.5) is 0 Å². The summed E-state index contributed by atoms with van der Waals surface area (Å²) < 4.78 is 7.52. The minimum atomic E-state index is 0.188. The Balaban J connectivity index is 1.24. The van der Waals surface area contributed by atoms with Crippen molar-refractivity contribution in [2.24, 2.45) is 0 Å². The number of fused-ring (bicyclic) bond motifs is 2. The molecule has 0 bridgehead atoms. The second-order valence-corrected chi connectivity index (χ2v) is 9.47. The molecule has 1 unspecified atom stereocenters. The highest BCUT2D eigenvalue weighted by molar-refractivity contribution is 5.80. The van der Waals surface area contributed by atoms with E-state index in [1.54, 1.807) is 0 Å². The third-order valence-electron chi connectivity index (χ3n) is 7.27. The molecule has 0 spiro atoms. The average molecular weight is 421 g/mol. The number of piperidine rings is 1. The number of aryl methyl sites for hydroxylation is 2. The lowest BCUT2D eigenvalue weighted by Gasteiger charge is -2.31. The molecule has 3 aromatic rings. The molecule has 6 heteroatoms. The van der Waals surface area contributed by atoms with Crippen molar-refractivity contribution in [3.05, 3.63) is 56.9 Å². The summed E-state index contributed by atoms with van der Waals surface area (Å²) >= 11 is 0. The summed E-state index contributed by atoms with van der Waals surface area (Å²) in [6.07, 6.45) is 5.13. The van der Waals surface area contributed by atoms with Crippen molar-refractivity contribution in [2.45, 2.75) is 71.3 Å². The van der Waals surface area contributed by atoms with Crippen molar-refractivity contribution in [3.63, 3.8) is 0 Å². The maximum absolute atomic E-state index is 13.1. The summed E-state index contributed by atoms with van der Waals surface area (Å²) in [7, 11) is 0. The first-order chi connectivity index (χ1) is 15.0. The van der Waals surface area contributed by atoms with Gasteiger partial charge in [-0.1, -0.05) is 18.1 Å². The molecule has 2 aliphatic heterocycles. The Morgan fingerprint density at radius 3 is 2.74 bits per heavy atom. The molecule has 31 heavy (non-hydrogen) atoms. The maximum Gasteiger partial charge on any atom is 0.256 e. The van der Waals surface area contributed by atoms with E-state index >= 15 is 0 Å². The molecule has 164 valence electrons. The van der Waals surface area contributed by atoms with Crippen molar-refractivity contribution < 1.29 is 4.52 Å². The minimum absolute atomic E-state index is 0.188. The van der Waals surface area contributed by atoms with E-state index < -0.39 is 0 Å². The van der Waals surface area contributed by atoms with Gasteiger partial charge in [-0.15, -0.1) is 0 Å². The summed E-state index contributed by atoms with van der Waals surface area (Å²) in [5, 5.41) is 5.56. The molecule has 2 aliphatic rings. The quantitative estimate of drug-likeness (QED) is 0.629. The van der Waals surface area contributed by atoms with E-state index in [0.29, 0.717) is 11.8 Å². The van der Waals surface area contributed by atoms with Crippen LogP contribution in [0.2, 0.25) is 0 Å². The van der Waals surface area contributed by atoms with Gasteiger partial charge in [-0.3, -0.25) is 9.36 Å². The van der Waals surface area contributed by atoms with Gasteiger partial charge in [0.15, 0.2) is 5.58 Å². The number of rotatable bonds is 4. The van der Waals surface area contributed by atoms with Gasteiger partial charge in [0.05, 0.1) is 5.69 Å². The van der Waals surface area contributed by atoms with E-state index in [2.05, 4.69) is 42.1 Å². The lowest BCUT2D eigenvalue weighted by atomic mass is 9.91. The van der Waals surface area contributed by atoms with Crippen LogP contribution < -0.4 is 5.56 Å². The van der Waals surface area contributed by atoms with Crippen LogP contribution in [0.15, 0.2) is 27.5 Å². The topological polar surface area (TPSA) is 64.2 Å². The van der Waals surface area contributed by atoms with Gasteiger partial charge < -0.3 is 9.42 Å². The molecule has 0 amide bonds. The van der Waals surface area contributed by atoms with E-state index in [1.807, 2.05) is 11.5 Å². The average Bonchev–Trinajstić information content (AvgIpc) is 3.18. The zero-order chi connectivity index (χ0) is 21.5.